The molecule has 0 spiro atoms. The molecule has 0 aliphatic rings. The van der Waals surface area contributed by atoms with Gasteiger partial charge in [0, 0.05) is 0 Å². The number of aliphatic hydroxyl groups is 1. The van der Waals surface area contributed by atoms with E-state index in [1.165, 1.54) is 64.2 Å². The van der Waals surface area contributed by atoms with Crippen LogP contribution >= 0.6 is 0 Å². The minimum Gasteiger partial charge on any atom is -0.388 e. The van der Waals surface area contributed by atoms with E-state index in [1.54, 1.807) is 0 Å². The smallest absolute Gasteiger partial charge is 0.0790 e. The summed E-state index contributed by atoms with van der Waals surface area (Å²) in [5, 5.41) is 10.1. The van der Waals surface area contributed by atoms with Crippen LogP contribution in [0.1, 0.15) is 95.6 Å². The highest BCUT2D eigenvalue weighted by Crippen LogP contribution is 2.20. The van der Waals surface area contributed by atoms with Crippen molar-refractivity contribution >= 4 is 0 Å². The molecule has 1 aromatic carbocycles. The predicted octanol–water partition coefficient (Wildman–Crippen LogP) is 6.42. The van der Waals surface area contributed by atoms with Gasteiger partial charge in [0.05, 0.1) is 6.10 Å². The molecule has 1 aromatic rings. The molecular weight excluding hydrogens is 256 g/mol. The number of aliphatic hydroxyl groups excluding tert-OH is 1. The van der Waals surface area contributed by atoms with Crippen LogP contribution < -0.4 is 0 Å². The molecule has 120 valence electrons. The van der Waals surface area contributed by atoms with Crippen molar-refractivity contribution in [1.29, 1.82) is 0 Å². The Morgan fingerprint density at radius 3 is 1.71 bits per heavy atom. The average molecular weight is 290 g/mol. The first-order chi connectivity index (χ1) is 10.3. The maximum atomic E-state index is 10.1. The van der Waals surface area contributed by atoms with Crippen molar-refractivity contribution in [3.63, 3.8) is 0 Å². The van der Waals surface area contributed by atoms with Crippen molar-refractivity contribution in [2.45, 2.75) is 90.1 Å². The van der Waals surface area contributed by atoms with Gasteiger partial charge in [-0.25, -0.2) is 0 Å². The average Bonchev–Trinajstić information content (AvgIpc) is 2.53. The van der Waals surface area contributed by atoms with Crippen molar-refractivity contribution in [3.05, 3.63) is 35.9 Å². The van der Waals surface area contributed by atoms with E-state index in [0.29, 0.717) is 0 Å². The minimum absolute atomic E-state index is 0.273. The Morgan fingerprint density at radius 2 is 1.19 bits per heavy atom. The zero-order valence-electron chi connectivity index (χ0n) is 13.9. The van der Waals surface area contributed by atoms with Gasteiger partial charge >= 0.3 is 0 Å². The third-order valence-electron chi connectivity index (χ3n) is 4.27. The highest BCUT2D eigenvalue weighted by Gasteiger charge is 2.05. The summed E-state index contributed by atoms with van der Waals surface area (Å²) in [6.45, 7) is 2.27. The molecule has 0 aliphatic carbocycles. The highest BCUT2D eigenvalue weighted by molar-refractivity contribution is 5.16. The van der Waals surface area contributed by atoms with E-state index < -0.39 is 0 Å². The lowest BCUT2D eigenvalue weighted by Gasteiger charge is -2.10. The Labute approximate surface area is 131 Å². The van der Waals surface area contributed by atoms with E-state index in [2.05, 4.69) is 6.92 Å². The highest BCUT2D eigenvalue weighted by atomic mass is 16.3. The third-order valence-corrected chi connectivity index (χ3v) is 4.27. The summed E-state index contributed by atoms with van der Waals surface area (Å²) in [6.07, 6.45) is 15.6. The van der Waals surface area contributed by atoms with Gasteiger partial charge in [0.15, 0.2) is 0 Å². The number of benzene rings is 1. The molecule has 0 bridgehead atoms. The lowest BCUT2D eigenvalue weighted by Crippen LogP contribution is -1.96. The summed E-state index contributed by atoms with van der Waals surface area (Å²) in [7, 11) is 0. The maximum Gasteiger partial charge on any atom is 0.0790 e. The Balaban J connectivity index is 1.86. The molecule has 1 atom stereocenters. The fraction of sp³-hybridized carbons (Fsp3) is 0.700. The van der Waals surface area contributed by atoms with Crippen LogP contribution in [0, 0.1) is 0 Å². The molecule has 1 N–H and O–H groups in total. The van der Waals surface area contributed by atoms with Crippen LogP contribution in [0.25, 0.3) is 0 Å². The van der Waals surface area contributed by atoms with Gasteiger partial charge in [0.1, 0.15) is 0 Å². The van der Waals surface area contributed by atoms with Crippen molar-refractivity contribution in [2.24, 2.45) is 0 Å². The molecule has 0 saturated heterocycles. The van der Waals surface area contributed by atoms with Gasteiger partial charge in [-0.05, 0) is 12.0 Å². The molecule has 0 fully saturated rings. The summed E-state index contributed by atoms with van der Waals surface area (Å²) in [6, 6.07) is 10.0. The largest absolute Gasteiger partial charge is 0.388 e. The van der Waals surface area contributed by atoms with Crippen LogP contribution in [-0.4, -0.2) is 5.11 Å². The molecular formula is C20H34O. The van der Waals surface area contributed by atoms with Crippen molar-refractivity contribution < 1.29 is 5.11 Å². The standard InChI is InChI=1S/C20H34O/c1-2-3-4-5-6-7-8-9-10-11-15-18-20(21)19-16-13-12-14-17-19/h12-14,16-17,20-21H,2-11,15,18H2,1H3/t20-/m0/s1. The fourth-order valence-electron chi connectivity index (χ4n) is 2.84. The van der Waals surface area contributed by atoms with Crippen LogP contribution in [0.4, 0.5) is 0 Å². The zero-order chi connectivity index (χ0) is 15.2. The fourth-order valence-corrected chi connectivity index (χ4v) is 2.84. The van der Waals surface area contributed by atoms with Crippen LogP contribution in [-0.2, 0) is 0 Å². The predicted molar refractivity (Wildman–Crippen MR) is 92.5 cm³/mol. The molecule has 1 nitrogen and oxygen atoms in total. The quantitative estimate of drug-likeness (QED) is 0.415. The normalized spacial score (nSPS) is 12.5. The van der Waals surface area contributed by atoms with Gasteiger partial charge in [0.25, 0.3) is 0 Å². The molecule has 21 heavy (non-hydrogen) atoms. The zero-order valence-corrected chi connectivity index (χ0v) is 13.9. The van der Waals surface area contributed by atoms with Gasteiger partial charge in [-0.3, -0.25) is 0 Å². The summed E-state index contributed by atoms with van der Waals surface area (Å²) >= 11 is 0. The summed E-state index contributed by atoms with van der Waals surface area (Å²) < 4.78 is 0. The van der Waals surface area contributed by atoms with Gasteiger partial charge < -0.3 is 5.11 Å². The number of hydrogen-bond acceptors (Lipinski definition) is 1. The molecule has 0 amide bonds. The third kappa shape index (κ3) is 9.68. The van der Waals surface area contributed by atoms with Crippen LogP contribution in [0.2, 0.25) is 0 Å². The van der Waals surface area contributed by atoms with Gasteiger partial charge in [-0.15, -0.1) is 0 Å². The van der Waals surface area contributed by atoms with Gasteiger partial charge in [-0.1, -0.05) is 108 Å². The van der Waals surface area contributed by atoms with Crippen molar-refractivity contribution in [1.82, 2.24) is 0 Å². The first-order valence-corrected chi connectivity index (χ1v) is 9.07. The second kappa shape index (κ2) is 12.9. The molecule has 0 unspecified atom stereocenters. The summed E-state index contributed by atoms with van der Waals surface area (Å²) in [5.41, 5.74) is 1.06. The monoisotopic (exact) mass is 290 g/mol. The Kier molecular flexibility index (Phi) is 11.2. The van der Waals surface area contributed by atoms with Crippen LogP contribution in [0.3, 0.4) is 0 Å². The number of rotatable bonds is 13. The van der Waals surface area contributed by atoms with Crippen molar-refractivity contribution in [3.8, 4) is 0 Å². The molecule has 1 heteroatoms. The molecule has 0 saturated carbocycles. The van der Waals surface area contributed by atoms with Crippen LogP contribution in [0.5, 0.6) is 0 Å². The first-order valence-electron chi connectivity index (χ1n) is 9.07. The maximum absolute atomic E-state index is 10.1. The second-order valence-corrected chi connectivity index (χ2v) is 6.25. The molecule has 0 aromatic heterocycles. The second-order valence-electron chi connectivity index (χ2n) is 6.25. The Bertz CT molecular complexity index is 320. The number of hydrogen-bond donors (Lipinski definition) is 1. The van der Waals surface area contributed by atoms with E-state index in [0.717, 1.165) is 18.4 Å². The Morgan fingerprint density at radius 1 is 0.714 bits per heavy atom. The lowest BCUT2D eigenvalue weighted by atomic mass is 10.0. The summed E-state index contributed by atoms with van der Waals surface area (Å²) in [4.78, 5) is 0. The SMILES string of the molecule is CCCCCCCCCCCCC[C@H](O)c1ccccc1. The Hall–Kier alpha value is -0.820. The molecule has 0 radical (unpaired) electrons. The number of unbranched alkanes of at least 4 members (excludes halogenated alkanes) is 10. The van der Waals surface area contributed by atoms with E-state index in [1.807, 2.05) is 30.3 Å². The van der Waals surface area contributed by atoms with Crippen molar-refractivity contribution in [2.75, 3.05) is 0 Å². The van der Waals surface area contributed by atoms with E-state index in [-0.39, 0.29) is 6.10 Å². The first kappa shape index (κ1) is 18.2. The molecule has 0 heterocycles. The van der Waals surface area contributed by atoms with Gasteiger partial charge in [-0.2, -0.15) is 0 Å². The van der Waals surface area contributed by atoms with E-state index in [9.17, 15) is 5.11 Å². The molecule has 0 aliphatic heterocycles. The lowest BCUT2D eigenvalue weighted by molar-refractivity contribution is 0.163. The van der Waals surface area contributed by atoms with E-state index >= 15 is 0 Å². The van der Waals surface area contributed by atoms with E-state index in [4.69, 9.17) is 0 Å². The summed E-state index contributed by atoms with van der Waals surface area (Å²) in [5.74, 6) is 0. The van der Waals surface area contributed by atoms with Gasteiger partial charge in [0.2, 0.25) is 0 Å². The topological polar surface area (TPSA) is 20.2 Å². The van der Waals surface area contributed by atoms with Crippen LogP contribution in [0.15, 0.2) is 30.3 Å². The molecule has 1 rings (SSSR count). The minimum atomic E-state index is -0.273.